The van der Waals surface area contributed by atoms with Crippen LogP contribution < -0.4 is 20.2 Å². The molecule has 3 N–H and O–H groups in total. The minimum atomic E-state index is -0.575. The molecule has 2 amide bonds. The molecule has 14 nitrogen and oxygen atoms in total. The Morgan fingerprint density at radius 2 is 1.60 bits per heavy atom. The van der Waals surface area contributed by atoms with Crippen molar-refractivity contribution in [3.8, 4) is 29.0 Å². The van der Waals surface area contributed by atoms with Crippen LogP contribution in [-0.4, -0.2) is 79.0 Å². The summed E-state index contributed by atoms with van der Waals surface area (Å²) in [4.78, 5) is 62.3. The fourth-order valence-corrected chi connectivity index (χ4v) is 6.67. The summed E-state index contributed by atoms with van der Waals surface area (Å²) in [5.41, 5.74) is 3.43. The van der Waals surface area contributed by atoms with Gasteiger partial charge in [0.05, 0.1) is 41.3 Å². The number of pyridine rings is 3. The molecule has 0 spiro atoms. The second-order valence-electron chi connectivity index (χ2n) is 15.1. The lowest BCUT2D eigenvalue weighted by Crippen LogP contribution is -2.51. The van der Waals surface area contributed by atoms with Gasteiger partial charge in [-0.15, -0.1) is 0 Å². The highest BCUT2D eigenvalue weighted by molar-refractivity contribution is 9.10. The smallest absolute Gasteiger partial charge is 0.255 e. The summed E-state index contributed by atoms with van der Waals surface area (Å²) in [5, 5.41) is 12.1. The molecule has 1 atom stereocenters. The van der Waals surface area contributed by atoms with Gasteiger partial charge in [-0.05, 0) is 104 Å². The van der Waals surface area contributed by atoms with Crippen molar-refractivity contribution in [3.63, 3.8) is 0 Å². The summed E-state index contributed by atoms with van der Waals surface area (Å²) in [6.45, 7) is 4.66. The second-order valence-corrected chi connectivity index (χ2v) is 15.9. The van der Waals surface area contributed by atoms with Crippen molar-refractivity contribution in [3.05, 3.63) is 93.5 Å². The monoisotopic (exact) mass is 835 g/mol. The molecule has 9 rings (SSSR count). The molecule has 3 saturated carbocycles. The van der Waals surface area contributed by atoms with Gasteiger partial charge in [0.15, 0.2) is 11.1 Å². The van der Waals surface area contributed by atoms with Crippen molar-refractivity contribution in [1.29, 1.82) is 5.26 Å². The van der Waals surface area contributed by atoms with Crippen molar-refractivity contribution in [1.82, 2.24) is 40.1 Å². The number of nitrogens with one attached hydrogen (secondary N) is 3. The second kappa shape index (κ2) is 18.5. The number of nitriles is 1. The summed E-state index contributed by atoms with van der Waals surface area (Å²) in [6.07, 6.45) is 16.5. The largest absolute Gasteiger partial charge is 0.493 e. The summed E-state index contributed by atoms with van der Waals surface area (Å²) < 4.78 is 12.2. The molecule has 4 fully saturated rings. The van der Waals surface area contributed by atoms with Crippen LogP contribution in [0, 0.1) is 41.9 Å². The molecule has 0 bridgehead atoms. The van der Waals surface area contributed by atoms with E-state index in [0.717, 1.165) is 42.6 Å². The Labute approximate surface area is 339 Å². The van der Waals surface area contributed by atoms with E-state index in [0.29, 0.717) is 71.2 Å². The van der Waals surface area contributed by atoms with E-state index < -0.39 is 6.04 Å². The van der Waals surface area contributed by atoms with E-state index in [1.54, 1.807) is 35.9 Å². The number of H-pyrrole nitrogens is 2. The molecule has 6 heterocycles. The van der Waals surface area contributed by atoms with Crippen LogP contribution in [0.25, 0.3) is 22.6 Å². The predicted molar refractivity (Wildman–Crippen MR) is 216 cm³/mol. The summed E-state index contributed by atoms with van der Waals surface area (Å²) in [6, 6.07) is 12.2. The Morgan fingerprint density at radius 1 is 0.912 bits per heavy atom. The topological polar surface area (TPSA) is 192 Å². The van der Waals surface area contributed by atoms with Crippen molar-refractivity contribution in [2.75, 3.05) is 26.3 Å². The molecule has 15 heteroatoms. The van der Waals surface area contributed by atoms with Crippen LogP contribution in [0.5, 0.6) is 11.5 Å². The lowest BCUT2D eigenvalue weighted by atomic mass is 9.97. The normalized spacial score (nSPS) is 16.9. The number of amides is 2. The molecule has 57 heavy (non-hydrogen) atoms. The molecule has 1 aliphatic heterocycles. The zero-order valence-electron chi connectivity index (χ0n) is 31.8. The molecule has 5 aromatic rings. The minimum Gasteiger partial charge on any atom is -0.493 e. The first-order valence-corrected chi connectivity index (χ1v) is 20.3. The van der Waals surface area contributed by atoms with Crippen molar-refractivity contribution in [2.45, 2.75) is 64.3 Å². The molecule has 0 radical (unpaired) electrons. The third-order valence-electron chi connectivity index (χ3n) is 10.2. The highest BCUT2D eigenvalue weighted by Gasteiger charge is 2.40. The maximum absolute atomic E-state index is 13.4. The average Bonchev–Trinajstić information content (AvgIpc) is 4.10. The van der Waals surface area contributed by atoms with Gasteiger partial charge in [0.2, 0.25) is 5.91 Å². The summed E-state index contributed by atoms with van der Waals surface area (Å²) in [7, 11) is 0. The number of piperidine rings is 1. The fourth-order valence-electron chi connectivity index (χ4n) is 6.31. The van der Waals surface area contributed by atoms with E-state index >= 15 is 0 Å². The van der Waals surface area contributed by atoms with Gasteiger partial charge in [-0.1, -0.05) is 0 Å². The number of aromatic amines is 2. The molecule has 4 aliphatic rings. The number of carbonyl (C=O) groups is 2. The van der Waals surface area contributed by atoms with Gasteiger partial charge in [0.25, 0.3) is 5.91 Å². The van der Waals surface area contributed by atoms with Crippen LogP contribution in [0.1, 0.15) is 67.4 Å². The fraction of sp³-hybridized carbons (Fsp3) is 0.429. The first kappa shape index (κ1) is 39.6. The summed E-state index contributed by atoms with van der Waals surface area (Å²) >= 11 is 3.11. The van der Waals surface area contributed by atoms with Gasteiger partial charge in [-0.25, -0.2) is 9.97 Å². The lowest BCUT2D eigenvalue weighted by Gasteiger charge is -2.32. The van der Waals surface area contributed by atoms with Crippen molar-refractivity contribution >= 4 is 38.9 Å². The zero-order chi connectivity index (χ0) is 39.7. The van der Waals surface area contributed by atoms with E-state index in [9.17, 15) is 14.4 Å². The zero-order valence-corrected chi connectivity index (χ0v) is 33.4. The van der Waals surface area contributed by atoms with Crippen LogP contribution >= 0.6 is 15.9 Å². The number of hydrogen-bond acceptors (Lipinski definition) is 10. The van der Waals surface area contributed by atoms with E-state index in [1.807, 2.05) is 31.2 Å². The Bertz CT molecular complexity index is 2270. The minimum absolute atomic E-state index is 0.00282. The van der Waals surface area contributed by atoms with Crippen molar-refractivity contribution in [2.24, 2.45) is 23.7 Å². The average molecular weight is 837 g/mol. The number of fused-ring (bicyclic) bond motifs is 1. The Kier molecular flexibility index (Phi) is 12.9. The number of hydrogen-bond donors (Lipinski definition) is 3. The molecule has 5 aromatic heterocycles. The van der Waals surface area contributed by atoms with E-state index in [4.69, 9.17) is 19.7 Å². The van der Waals surface area contributed by atoms with Crippen LogP contribution in [0.2, 0.25) is 0 Å². The van der Waals surface area contributed by atoms with Crippen LogP contribution in [0.15, 0.2) is 76.8 Å². The van der Waals surface area contributed by atoms with Gasteiger partial charge in [0, 0.05) is 73.8 Å². The quantitative estimate of drug-likeness (QED) is 0.126. The molecule has 3 aliphatic carbocycles. The number of ether oxygens (including phenoxy) is 2. The SMILES string of the molecule is Cc1cc(OCC2CC2)ccn1.N#CC1CCN(C(=O)[C@H](NC(=O)c2c[nH]c3ncc(-c4cc(OCC5CC5)ccn4)nc23)C2CC2)CC1.O=c1cc[nH]c(Br)c1. The number of aromatic nitrogens is 6. The van der Waals surface area contributed by atoms with E-state index in [-0.39, 0.29) is 29.1 Å². The number of likely N-dealkylation sites (tertiary alicyclic amines) is 1. The molecule has 1 saturated heterocycles. The molecule has 296 valence electrons. The number of nitrogens with zero attached hydrogens (tertiary/aromatic N) is 6. The van der Waals surface area contributed by atoms with Gasteiger partial charge < -0.3 is 29.7 Å². The maximum Gasteiger partial charge on any atom is 0.255 e. The standard InChI is InChI=1S/C27H29N7O3.C10H13NO.C5H4BrNO/c28-12-16-6-9-34(10-7-16)27(36)23(18-3-4-18)33-26(35)20-13-30-25-24(20)32-22(14-31-25)21-11-19(5-8-29-21)37-15-17-1-2-17;1-8-6-10(4-5-11-8)12-7-9-2-3-9;6-5-3-4(8)1-2-7-5/h5,8,11,13-14,16-18,23H,1-4,6-7,9-10,15H2,(H,30,31)(H,33,35);4-6,9H,2-3,7H2,1H3;1-3H,(H,7,8)/t23-;;/m1../s1. The van der Waals surface area contributed by atoms with E-state index in [1.165, 1.54) is 37.8 Å². The molecule has 0 aromatic carbocycles. The Hall–Kier alpha value is -5.62. The van der Waals surface area contributed by atoms with Crippen LogP contribution in [-0.2, 0) is 4.79 Å². The highest BCUT2D eigenvalue weighted by atomic mass is 79.9. The number of rotatable bonds is 11. The molecular weight excluding hydrogens is 790 g/mol. The highest BCUT2D eigenvalue weighted by Crippen LogP contribution is 2.35. The van der Waals surface area contributed by atoms with Gasteiger partial charge in [-0.2, -0.15) is 5.26 Å². The first-order chi connectivity index (χ1) is 27.7. The van der Waals surface area contributed by atoms with Gasteiger partial charge >= 0.3 is 0 Å². The Balaban J connectivity index is 0.000000201. The third kappa shape index (κ3) is 11.5. The number of carbonyl (C=O) groups excluding carboxylic acids is 2. The van der Waals surface area contributed by atoms with Crippen LogP contribution in [0.4, 0.5) is 0 Å². The van der Waals surface area contributed by atoms with E-state index in [2.05, 4.69) is 52.2 Å². The Morgan fingerprint density at radius 3 is 2.19 bits per heavy atom. The van der Waals surface area contributed by atoms with Gasteiger partial charge in [-0.3, -0.25) is 24.4 Å². The first-order valence-electron chi connectivity index (χ1n) is 19.5. The summed E-state index contributed by atoms with van der Waals surface area (Å²) in [5.74, 6) is 2.86. The lowest BCUT2D eigenvalue weighted by molar-refractivity contribution is -0.135. The van der Waals surface area contributed by atoms with Crippen LogP contribution in [0.3, 0.4) is 0 Å². The predicted octanol–water partition coefficient (Wildman–Crippen LogP) is 6.40. The molecular formula is C42H46BrN9O5. The van der Waals surface area contributed by atoms with Gasteiger partial charge in [0.1, 0.15) is 28.8 Å². The number of halogens is 1. The maximum atomic E-state index is 13.4. The third-order valence-corrected chi connectivity index (χ3v) is 10.7. The molecule has 0 unspecified atom stereocenters. The number of aryl methyl sites for hydroxylation is 1. The van der Waals surface area contributed by atoms with Crippen molar-refractivity contribution < 1.29 is 19.1 Å².